The number of nitrogens with zero attached hydrogens (tertiary/aromatic N) is 4. The molecule has 1 heterocycles. The fourth-order valence-electron chi connectivity index (χ4n) is 3.62. The first-order valence-corrected chi connectivity index (χ1v) is 10.5. The molecule has 0 N–H and O–H groups in total. The van der Waals surface area contributed by atoms with Gasteiger partial charge in [-0.15, -0.1) is 5.10 Å². The van der Waals surface area contributed by atoms with Crippen LogP contribution in [0.5, 0.6) is 0 Å². The van der Waals surface area contributed by atoms with Gasteiger partial charge < -0.3 is 4.90 Å². The molecule has 1 amide bonds. The van der Waals surface area contributed by atoms with Crippen LogP contribution in [0.1, 0.15) is 33.1 Å². The minimum absolute atomic E-state index is 0.157. The SMILES string of the molecule is Cc1ccccc1-n1nc(C(=O)N(CCc2ccccc2)Cc2ccccc2)nc1C. The number of amides is 1. The van der Waals surface area contributed by atoms with E-state index in [0.717, 1.165) is 23.2 Å². The Labute approximate surface area is 183 Å². The molecular formula is C26H26N4O. The Morgan fingerprint density at radius 2 is 1.45 bits per heavy atom. The highest BCUT2D eigenvalue weighted by atomic mass is 16.2. The second kappa shape index (κ2) is 9.39. The van der Waals surface area contributed by atoms with E-state index in [9.17, 15) is 4.79 Å². The maximum absolute atomic E-state index is 13.4. The number of rotatable bonds is 7. The molecule has 5 heteroatoms. The van der Waals surface area contributed by atoms with E-state index in [2.05, 4.69) is 22.2 Å². The molecule has 0 saturated heterocycles. The highest BCUT2D eigenvalue weighted by molar-refractivity contribution is 5.90. The molecule has 1 aromatic heterocycles. The second-order valence-electron chi connectivity index (χ2n) is 7.63. The lowest BCUT2D eigenvalue weighted by atomic mass is 10.1. The minimum atomic E-state index is -0.157. The van der Waals surface area contributed by atoms with E-state index in [4.69, 9.17) is 0 Å². The first-order chi connectivity index (χ1) is 15.1. The number of para-hydroxylation sites is 1. The Morgan fingerprint density at radius 3 is 2.13 bits per heavy atom. The summed E-state index contributed by atoms with van der Waals surface area (Å²) in [7, 11) is 0. The van der Waals surface area contributed by atoms with Gasteiger partial charge in [-0.05, 0) is 43.0 Å². The van der Waals surface area contributed by atoms with E-state index in [-0.39, 0.29) is 11.7 Å². The number of aryl methyl sites for hydroxylation is 2. The molecule has 156 valence electrons. The normalized spacial score (nSPS) is 10.8. The smallest absolute Gasteiger partial charge is 0.293 e. The van der Waals surface area contributed by atoms with E-state index < -0.39 is 0 Å². The molecule has 4 aromatic rings. The highest BCUT2D eigenvalue weighted by Crippen LogP contribution is 2.16. The Hall–Kier alpha value is -3.73. The third-order valence-electron chi connectivity index (χ3n) is 5.32. The lowest BCUT2D eigenvalue weighted by Gasteiger charge is -2.21. The summed E-state index contributed by atoms with van der Waals surface area (Å²) in [6, 6.07) is 28.2. The zero-order chi connectivity index (χ0) is 21.6. The van der Waals surface area contributed by atoms with Crippen LogP contribution < -0.4 is 0 Å². The molecule has 5 nitrogen and oxygen atoms in total. The topological polar surface area (TPSA) is 51.0 Å². The second-order valence-corrected chi connectivity index (χ2v) is 7.63. The Balaban J connectivity index is 1.60. The van der Waals surface area contributed by atoms with Gasteiger partial charge in [-0.25, -0.2) is 9.67 Å². The lowest BCUT2D eigenvalue weighted by Crippen LogP contribution is -2.33. The van der Waals surface area contributed by atoms with E-state index >= 15 is 0 Å². The van der Waals surface area contributed by atoms with Gasteiger partial charge >= 0.3 is 0 Å². The van der Waals surface area contributed by atoms with Crippen LogP contribution in [0.15, 0.2) is 84.9 Å². The van der Waals surface area contributed by atoms with Crippen molar-refractivity contribution in [2.45, 2.75) is 26.8 Å². The molecule has 0 bridgehead atoms. The third kappa shape index (κ3) is 4.89. The van der Waals surface area contributed by atoms with Gasteiger partial charge in [0.05, 0.1) is 5.69 Å². The Kier molecular flexibility index (Phi) is 6.22. The monoisotopic (exact) mass is 410 g/mol. The summed E-state index contributed by atoms with van der Waals surface area (Å²) in [5, 5.41) is 4.57. The summed E-state index contributed by atoms with van der Waals surface area (Å²) >= 11 is 0. The van der Waals surface area contributed by atoms with Gasteiger partial charge in [0.1, 0.15) is 5.82 Å². The van der Waals surface area contributed by atoms with Crippen molar-refractivity contribution in [1.29, 1.82) is 0 Å². The predicted molar refractivity (Wildman–Crippen MR) is 122 cm³/mol. The largest absolute Gasteiger partial charge is 0.331 e. The van der Waals surface area contributed by atoms with Gasteiger partial charge in [0.15, 0.2) is 0 Å². The van der Waals surface area contributed by atoms with Crippen LogP contribution in [-0.4, -0.2) is 32.1 Å². The van der Waals surface area contributed by atoms with E-state index in [1.165, 1.54) is 5.56 Å². The molecule has 0 atom stereocenters. The van der Waals surface area contributed by atoms with Crippen LogP contribution in [0, 0.1) is 13.8 Å². The van der Waals surface area contributed by atoms with Crippen LogP contribution in [0.25, 0.3) is 5.69 Å². The zero-order valence-electron chi connectivity index (χ0n) is 17.9. The van der Waals surface area contributed by atoms with Gasteiger partial charge in [-0.1, -0.05) is 78.9 Å². The van der Waals surface area contributed by atoms with Crippen molar-refractivity contribution in [3.05, 3.63) is 113 Å². The quantitative estimate of drug-likeness (QED) is 0.441. The van der Waals surface area contributed by atoms with Crippen molar-refractivity contribution in [3.63, 3.8) is 0 Å². The fourth-order valence-corrected chi connectivity index (χ4v) is 3.62. The summed E-state index contributed by atoms with van der Waals surface area (Å²) < 4.78 is 1.75. The van der Waals surface area contributed by atoms with Crippen LogP contribution in [0.3, 0.4) is 0 Å². The van der Waals surface area contributed by atoms with Gasteiger partial charge in [0.2, 0.25) is 5.82 Å². The van der Waals surface area contributed by atoms with Crippen molar-refractivity contribution in [2.75, 3.05) is 6.54 Å². The molecule has 31 heavy (non-hydrogen) atoms. The summed E-state index contributed by atoms with van der Waals surface area (Å²) in [5.74, 6) is 0.764. The molecule has 0 radical (unpaired) electrons. The van der Waals surface area contributed by atoms with Gasteiger partial charge in [-0.3, -0.25) is 4.79 Å². The van der Waals surface area contributed by atoms with E-state index in [1.807, 2.05) is 91.5 Å². The van der Waals surface area contributed by atoms with Crippen molar-refractivity contribution in [3.8, 4) is 5.69 Å². The van der Waals surface area contributed by atoms with Crippen molar-refractivity contribution in [1.82, 2.24) is 19.7 Å². The Bertz CT molecular complexity index is 1150. The first-order valence-electron chi connectivity index (χ1n) is 10.5. The summed E-state index contributed by atoms with van der Waals surface area (Å²) in [4.78, 5) is 19.8. The number of benzene rings is 3. The average Bonchev–Trinajstić information content (AvgIpc) is 3.19. The van der Waals surface area contributed by atoms with Gasteiger partial charge in [0.25, 0.3) is 5.91 Å². The third-order valence-corrected chi connectivity index (χ3v) is 5.32. The molecule has 0 saturated carbocycles. The summed E-state index contributed by atoms with van der Waals surface area (Å²) in [5.41, 5.74) is 4.30. The Morgan fingerprint density at radius 1 is 0.839 bits per heavy atom. The maximum Gasteiger partial charge on any atom is 0.293 e. The summed E-state index contributed by atoms with van der Waals surface area (Å²) in [6.45, 7) is 5.02. The first kappa shape index (κ1) is 20.5. The number of aromatic nitrogens is 3. The summed E-state index contributed by atoms with van der Waals surface area (Å²) in [6.07, 6.45) is 0.775. The molecule has 0 aliphatic rings. The average molecular weight is 411 g/mol. The molecule has 0 fully saturated rings. The van der Waals surface area contributed by atoms with Gasteiger partial charge in [0, 0.05) is 13.1 Å². The predicted octanol–water partition coefficient (Wildman–Crippen LogP) is 4.77. The lowest BCUT2D eigenvalue weighted by molar-refractivity contribution is 0.0732. The fraction of sp³-hybridized carbons (Fsp3) is 0.192. The van der Waals surface area contributed by atoms with Crippen LogP contribution in [-0.2, 0) is 13.0 Å². The molecule has 0 aliphatic heterocycles. The minimum Gasteiger partial charge on any atom is -0.331 e. The number of carbonyl (C=O) groups excluding carboxylic acids is 1. The van der Waals surface area contributed by atoms with E-state index in [0.29, 0.717) is 18.9 Å². The number of hydrogen-bond acceptors (Lipinski definition) is 3. The maximum atomic E-state index is 13.4. The van der Waals surface area contributed by atoms with Crippen molar-refractivity contribution >= 4 is 5.91 Å². The van der Waals surface area contributed by atoms with Crippen LogP contribution in [0.2, 0.25) is 0 Å². The molecular weight excluding hydrogens is 384 g/mol. The van der Waals surface area contributed by atoms with E-state index in [1.54, 1.807) is 4.68 Å². The molecule has 0 spiro atoms. The van der Waals surface area contributed by atoms with Crippen LogP contribution in [0.4, 0.5) is 0 Å². The number of carbonyl (C=O) groups is 1. The standard InChI is InChI=1S/C26H26N4O/c1-20-11-9-10-16-24(20)30-21(2)27-25(28-30)26(31)29(19-23-14-7-4-8-15-23)18-17-22-12-5-3-6-13-22/h3-16H,17-19H2,1-2H3. The van der Waals surface area contributed by atoms with Crippen molar-refractivity contribution in [2.24, 2.45) is 0 Å². The van der Waals surface area contributed by atoms with Gasteiger partial charge in [-0.2, -0.15) is 0 Å². The molecule has 0 unspecified atom stereocenters. The highest BCUT2D eigenvalue weighted by Gasteiger charge is 2.22. The molecule has 0 aliphatic carbocycles. The molecule has 3 aromatic carbocycles. The number of hydrogen-bond donors (Lipinski definition) is 0. The molecule has 4 rings (SSSR count). The van der Waals surface area contributed by atoms with Crippen LogP contribution >= 0.6 is 0 Å². The van der Waals surface area contributed by atoms with Crippen molar-refractivity contribution < 1.29 is 4.79 Å². The zero-order valence-corrected chi connectivity index (χ0v) is 17.9.